The van der Waals surface area contributed by atoms with Crippen LogP contribution < -0.4 is 5.32 Å². The van der Waals surface area contributed by atoms with Gasteiger partial charge in [-0.3, -0.25) is 4.57 Å². The highest BCUT2D eigenvalue weighted by Gasteiger charge is 2.44. The van der Waals surface area contributed by atoms with E-state index < -0.39 is 30.8 Å². The minimum Gasteiger partial charge on any atom is -0.394 e. The van der Waals surface area contributed by atoms with E-state index in [-0.39, 0.29) is 13.0 Å². The maximum absolute atomic E-state index is 10.0. The molecule has 0 aliphatic carbocycles. The van der Waals surface area contributed by atoms with E-state index in [4.69, 9.17) is 9.84 Å². The number of aliphatic hydroxyl groups is 4. The van der Waals surface area contributed by atoms with E-state index in [1.165, 1.54) is 17.2 Å². The molecule has 0 bridgehead atoms. The van der Waals surface area contributed by atoms with Crippen molar-refractivity contribution in [3.63, 3.8) is 0 Å². The van der Waals surface area contributed by atoms with Crippen LogP contribution in [0.25, 0.3) is 0 Å². The van der Waals surface area contributed by atoms with Gasteiger partial charge in [0.1, 0.15) is 24.1 Å². The minimum absolute atomic E-state index is 0.237. The number of aromatic nitrogens is 2. The second-order valence-electron chi connectivity index (χ2n) is 4.78. The summed E-state index contributed by atoms with van der Waals surface area (Å²) in [4.78, 5) is 7.96. The molecule has 9 nitrogen and oxygen atoms in total. The molecule has 0 amide bonds. The fourth-order valence-electron chi connectivity index (χ4n) is 2.42. The molecule has 0 saturated carbocycles. The Morgan fingerprint density at radius 3 is 2.85 bits per heavy atom. The molecule has 5 atom stereocenters. The van der Waals surface area contributed by atoms with Crippen LogP contribution in [0.4, 0.5) is 5.82 Å². The molecule has 110 valence electrons. The molecule has 1 aromatic heterocycles. The molecule has 0 radical (unpaired) electrons. The SMILES string of the molecule is OC[C@H]1O[C@@H](n2cnc3c2NC=NC(O)C3)C(O)C1O. The Morgan fingerprint density at radius 1 is 1.35 bits per heavy atom. The molecule has 0 aromatic carbocycles. The molecule has 9 heteroatoms. The van der Waals surface area contributed by atoms with Crippen LogP contribution in [0.15, 0.2) is 11.3 Å². The molecule has 1 fully saturated rings. The van der Waals surface area contributed by atoms with Gasteiger partial charge in [-0.2, -0.15) is 0 Å². The number of imidazole rings is 1. The van der Waals surface area contributed by atoms with E-state index in [9.17, 15) is 15.3 Å². The second kappa shape index (κ2) is 5.11. The van der Waals surface area contributed by atoms with E-state index in [0.717, 1.165) is 0 Å². The maximum Gasteiger partial charge on any atom is 0.165 e. The standard InChI is InChI=1S/C11H16N4O5/c16-2-6-8(18)9(19)11(20-6)15-4-14-5-1-7(17)12-3-13-10(5)15/h3-4,6-9,11,16-19H,1-2H2,(H,12,13)/t6-,7?,8?,9?,11-/m1/s1. The molecule has 3 heterocycles. The van der Waals surface area contributed by atoms with Crippen molar-refractivity contribution in [2.45, 2.75) is 37.2 Å². The van der Waals surface area contributed by atoms with Crippen molar-refractivity contribution >= 4 is 12.2 Å². The lowest BCUT2D eigenvalue weighted by Gasteiger charge is -2.18. The summed E-state index contributed by atoms with van der Waals surface area (Å²) in [5, 5.41) is 41.3. The number of ether oxygens (including phenoxy) is 1. The van der Waals surface area contributed by atoms with Crippen LogP contribution >= 0.6 is 0 Å². The molecule has 1 aromatic rings. The fourth-order valence-corrected chi connectivity index (χ4v) is 2.42. The number of aliphatic hydroxyl groups excluding tert-OH is 4. The fraction of sp³-hybridized carbons (Fsp3) is 0.636. The molecular formula is C11H16N4O5. The summed E-state index contributed by atoms with van der Waals surface area (Å²) in [5.74, 6) is 0.528. The first-order valence-electron chi connectivity index (χ1n) is 6.26. The van der Waals surface area contributed by atoms with Crippen molar-refractivity contribution in [1.29, 1.82) is 0 Å². The maximum atomic E-state index is 10.0. The van der Waals surface area contributed by atoms with E-state index in [1.807, 2.05) is 0 Å². The third kappa shape index (κ3) is 2.09. The summed E-state index contributed by atoms with van der Waals surface area (Å²) in [5.41, 5.74) is 0.577. The Morgan fingerprint density at radius 2 is 2.15 bits per heavy atom. The second-order valence-corrected chi connectivity index (χ2v) is 4.78. The summed E-state index contributed by atoms with van der Waals surface area (Å²) in [7, 11) is 0. The van der Waals surface area contributed by atoms with Gasteiger partial charge in [0, 0.05) is 6.42 Å². The van der Waals surface area contributed by atoms with Gasteiger partial charge in [-0.25, -0.2) is 9.98 Å². The molecular weight excluding hydrogens is 268 g/mol. The number of hydrogen-bond donors (Lipinski definition) is 5. The van der Waals surface area contributed by atoms with Crippen molar-refractivity contribution in [1.82, 2.24) is 9.55 Å². The number of nitrogens with zero attached hydrogens (tertiary/aromatic N) is 3. The topological polar surface area (TPSA) is 132 Å². The molecule has 2 aliphatic rings. The monoisotopic (exact) mass is 284 g/mol. The average Bonchev–Trinajstić information content (AvgIpc) is 2.87. The number of fused-ring (bicyclic) bond motifs is 1. The Hall–Kier alpha value is -1.52. The first-order chi connectivity index (χ1) is 9.61. The predicted octanol–water partition coefficient (Wildman–Crippen LogP) is -2.19. The quantitative estimate of drug-likeness (QED) is 0.416. The predicted molar refractivity (Wildman–Crippen MR) is 67.1 cm³/mol. The van der Waals surface area contributed by atoms with E-state index >= 15 is 0 Å². The number of nitrogens with one attached hydrogen (secondary N) is 1. The smallest absolute Gasteiger partial charge is 0.165 e. The summed E-state index contributed by atoms with van der Waals surface area (Å²) in [6.45, 7) is -0.390. The summed E-state index contributed by atoms with van der Waals surface area (Å²) in [6, 6.07) is 0. The zero-order valence-corrected chi connectivity index (χ0v) is 10.5. The third-order valence-electron chi connectivity index (χ3n) is 3.48. The summed E-state index contributed by atoms with van der Waals surface area (Å²) < 4.78 is 6.96. The molecule has 3 rings (SSSR count). The van der Waals surface area contributed by atoms with Gasteiger partial charge >= 0.3 is 0 Å². The molecule has 3 unspecified atom stereocenters. The first-order valence-corrected chi connectivity index (χ1v) is 6.26. The number of hydrogen-bond acceptors (Lipinski definition) is 8. The minimum atomic E-state index is -1.18. The lowest BCUT2D eigenvalue weighted by atomic mass is 10.1. The third-order valence-corrected chi connectivity index (χ3v) is 3.48. The van der Waals surface area contributed by atoms with Crippen LogP contribution in [0.1, 0.15) is 11.9 Å². The van der Waals surface area contributed by atoms with Gasteiger partial charge in [0.2, 0.25) is 0 Å². The molecule has 1 saturated heterocycles. The van der Waals surface area contributed by atoms with E-state index in [0.29, 0.717) is 11.5 Å². The van der Waals surface area contributed by atoms with Gasteiger partial charge in [0.25, 0.3) is 0 Å². The number of anilines is 1. The van der Waals surface area contributed by atoms with Crippen LogP contribution in [0.3, 0.4) is 0 Å². The lowest BCUT2D eigenvalue weighted by Crippen LogP contribution is -2.33. The van der Waals surface area contributed by atoms with Crippen LogP contribution in [0.5, 0.6) is 0 Å². The van der Waals surface area contributed by atoms with Crippen molar-refractivity contribution in [3.05, 3.63) is 12.0 Å². The van der Waals surface area contributed by atoms with Crippen molar-refractivity contribution in [2.75, 3.05) is 11.9 Å². The molecule has 20 heavy (non-hydrogen) atoms. The molecule has 0 spiro atoms. The zero-order valence-electron chi connectivity index (χ0n) is 10.5. The summed E-state index contributed by atoms with van der Waals surface area (Å²) in [6.07, 6.45) is -1.92. The van der Waals surface area contributed by atoms with Gasteiger partial charge in [-0.1, -0.05) is 0 Å². The normalized spacial score (nSPS) is 36.5. The molecule has 5 N–H and O–H groups in total. The van der Waals surface area contributed by atoms with Crippen molar-refractivity contribution < 1.29 is 25.2 Å². The lowest BCUT2D eigenvalue weighted by molar-refractivity contribution is -0.0518. The van der Waals surface area contributed by atoms with Gasteiger partial charge in [-0.15, -0.1) is 0 Å². The van der Waals surface area contributed by atoms with Gasteiger partial charge in [-0.05, 0) is 0 Å². The van der Waals surface area contributed by atoms with Crippen LogP contribution in [0.2, 0.25) is 0 Å². The van der Waals surface area contributed by atoms with Crippen molar-refractivity contribution in [3.8, 4) is 0 Å². The van der Waals surface area contributed by atoms with Crippen LogP contribution in [-0.4, -0.2) is 67.5 Å². The number of aliphatic imine (C=N–C) groups is 1. The largest absolute Gasteiger partial charge is 0.394 e. The van der Waals surface area contributed by atoms with Gasteiger partial charge < -0.3 is 30.5 Å². The Balaban J connectivity index is 1.91. The highest BCUT2D eigenvalue weighted by molar-refractivity contribution is 5.76. The Bertz CT molecular complexity index is 519. The van der Waals surface area contributed by atoms with Crippen LogP contribution in [0, 0.1) is 0 Å². The Labute approximate surface area is 114 Å². The summed E-state index contributed by atoms with van der Waals surface area (Å²) >= 11 is 0. The van der Waals surface area contributed by atoms with E-state index in [1.54, 1.807) is 0 Å². The average molecular weight is 284 g/mol. The Kier molecular flexibility index (Phi) is 3.44. The number of rotatable bonds is 2. The van der Waals surface area contributed by atoms with Crippen molar-refractivity contribution in [2.24, 2.45) is 4.99 Å². The van der Waals surface area contributed by atoms with Gasteiger partial charge in [0.05, 0.1) is 25.0 Å². The first kappa shape index (κ1) is 13.5. The highest BCUT2D eigenvalue weighted by Crippen LogP contribution is 2.33. The van der Waals surface area contributed by atoms with Crippen LogP contribution in [-0.2, 0) is 11.2 Å². The molecule has 2 aliphatic heterocycles. The zero-order chi connectivity index (χ0) is 14.3. The van der Waals surface area contributed by atoms with E-state index in [2.05, 4.69) is 15.3 Å². The van der Waals surface area contributed by atoms with Gasteiger partial charge in [0.15, 0.2) is 12.5 Å². The highest BCUT2D eigenvalue weighted by atomic mass is 16.6.